The topological polar surface area (TPSA) is 38.0 Å². The highest BCUT2D eigenvalue weighted by atomic mass is 35.5. The van der Waals surface area contributed by atoms with Crippen LogP contribution in [0.1, 0.15) is 11.1 Å². The number of nitrogens with two attached hydrogens (primary N) is 1. The molecule has 3 N–H and O–H groups in total. The molecule has 94 valence electrons. The van der Waals surface area contributed by atoms with Gasteiger partial charge in [0.2, 0.25) is 0 Å². The minimum absolute atomic E-state index is 0.697. The van der Waals surface area contributed by atoms with E-state index < -0.39 is 0 Å². The van der Waals surface area contributed by atoms with Crippen LogP contribution in [-0.4, -0.2) is 6.54 Å². The summed E-state index contributed by atoms with van der Waals surface area (Å²) in [6.07, 6.45) is 0.966. The van der Waals surface area contributed by atoms with Crippen molar-refractivity contribution in [3.8, 4) is 0 Å². The lowest BCUT2D eigenvalue weighted by Gasteiger charge is -2.10. The molecule has 0 saturated heterocycles. The van der Waals surface area contributed by atoms with Crippen LogP contribution in [0.2, 0.25) is 5.02 Å². The molecule has 0 bridgehead atoms. The lowest BCUT2D eigenvalue weighted by molar-refractivity contribution is 1.02. The minimum atomic E-state index is 0.697. The Morgan fingerprint density at radius 3 is 2.78 bits per heavy atom. The summed E-state index contributed by atoms with van der Waals surface area (Å²) in [5, 5.41) is 4.01. The Hall–Kier alpha value is -1.67. The second-order valence-electron chi connectivity index (χ2n) is 4.40. The Labute approximate surface area is 113 Å². The van der Waals surface area contributed by atoms with Gasteiger partial charge in [-0.2, -0.15) is 0 Å². The molecule has 2 nitrogen and oxygen atoms in total. The number of anilines is 2. The quantitative estimate of drug-likeness (QED) is 0.819. The number of hydrogen-bond acceptors (Lipinski definition) is 2. The molecule has 0 aliphatic heterocycles. The van der Waals surface area contributed by atoms with E-state index in [1.807, 2.05) is 12.1 Å². The first-order chi connectivity index (χ1) is 8.65. The Kier molecular flexibility index (Phi) is 4.11. The zero-order valence-electron chi connectivity index (χ0n) is 10.4. The summed E-state index contributed by atoms with van der Waals surface area (Å²) in [6.45, 7) is 2.94. The van der Waals surface area contributed by atoms with E-state index in [1.54, 1.807) is 6.07 Å². The van der Waals surface area contributed by atoms with E-state index in [0.717, 1.165) is 24.3 Å². The molecule has 2 aromatic carbocycles. The van der Waals surface area contributed by atoms with Crippen molar-refractivity contribution in [1.82, 2.24) is 0 Å². The van der Waals surface area contributed by atoms with Crippen LogP contribution in [0.3, 0.4) is 0 Å². The van der Waals surface area contributed by atoms with Gasteiger partial charge in [-0.1, -0.05) is 41.4 Å². The van der Waals surface area contributed by atoms with Gasteiger partial charge in [-0.25, -0.2) is 0 Å². The molecule has 3 heteroatoms. The molecule has 0 heterocycles. The fourth-order valence-electron chi connectivity index (χ4n) is 1.89. The minimum Gasteiger partial charge on any atom is -0.397 e. The monoisotopic (exact) mass is 260 g/mol. The number of aryl methyl sites for hydroxylation is 1. The van der Waals surface area contributed by atoms with Crippen molar-refractivity contribution >= 4 is 23.0 Å². The van der Waals surface area contributed by atoms with Gasteiger partial charge in [0, 0.05) is 11.6 Å². The number of nitrogen functional groups attached to an aromatic ring is 1. The van der Waals surface area contributed by atoms with Crippen LogP contribution >= 0.6 is 11.6 Å². The molecule has 0 radical (unpaired) electrons. The third kappa shape index (κ3) is 3.41. The normalized spacial score (nSPS) is 10.3. The molecule has 0 saturated carbocycles. The standard InChI is InChI=1S/C15H17ClN2/c1-11-3-2-4-12(9-11)7-8-18-15-10-13(16)5-6-14(15)17/h2-6,9-10,18H,7-8,17H2,1H3. The Bertz CT molecular complexity index is 538. The van der Waals surface area contributed by atoms with Gasteiger partial charge in [0.1, 0.15) is 0 Å². The SMILES string of the molecule is Cc1cccc(CCNc2cc(Cl)ccc2N)c1. The molecule has 2 rings (SSSR count). The average Bonchev–Trinajstić information content (AvgIpc) is 2.34. The first-order valence-corrected chi connectivity index (χ1v) is 6.37. The summed E-state index contributed by atoms with van der Waals surface area (Å²) < 4.78 is 0. The van der Waals surface area contributed by atoms with Crippen LogP contribution in [0.25, 0.3) is 0 Å². The van der Waals surface area contributed by atoms with Crippen LogP contribution in [0.15, 0.2) is 42.5 Å². The molecular formula is C15H17ClN2. The Morgan fingerprint density at radius 2 is 2.00 bits per heavy atom. The summed E-state index contributed by atoms with van der Waals surface area (Å²) in [4.78, 5) is 0. The molecule has 0 fully saturated rings. The van der Waals surface area contributed by atoms with Crippen LogP contribution in [0.5, 0.6) is 0 Å². The number of rotatable bonds is 4. The van der Waals surface area contributed by atoms with Crippen molar-refractivity contribution in [3.05, 3.63) is 58.6 Å². The van der Waals surface area contributed by atoms with Crippen molar-refractivity contribution in [2.75, 3.05) is 17.6 Å². The molecule has 0 spiro atoms. The van der Waals surface area contributed by atoms with Crippen LogP contribution in [0, 0.1) is 6.92 Å². The summed E-state index contributed by atoms with van der Waals surface area (Å²) >= 11 is 5.94. The molecule has 0 unspecified atom stereocenters. The maximum atomic E-state index is 5.94. The van der Waals surface area contributed by atoms with E-state index in [-0.39, 0.29) is 0 Å². The lowest BCUT2D eigenvalue weighted by Crippen LogP contribution is -2.06. The highest BCUT2D eigenvalue weighted by Crippen LogP contribution is 2.22. The largest absolute Gasteiger partial charge is 0.397 e. The molecule has 0 atom stereocenters. The van der Waals surface area contributed by atoms with Gasteiger partial charge in [0.05, 0.1) is 11.4 Å². The second kappa shape index (κ2) is 5.78. The van der Waals surface area contributed by atoms with Gasteiger partial charge in [-0.15, -0.1) is 0 Å². The lowest BCUT2D eigenvalue weighted by atomic mass is 10.1. The van der Waals surface area contributed by atoms with Crippen LogP contribution in [-0.2, 0) is 6.42 Å². The van der Waals surface area contributed by atoms with Crippen molar-refractivity contribution in [3.63, 3.8) is 0 Å². The van der Waals surface area contributed by atoms with Gasteiger partial charge < -0.3 is 11.1 Å². The van der Waals surface area contributed by atoms with Crippen molar-refractivity contribution in [2.45, 2.75) is 13.3 Å². The number of halogens is 1. The first kappa shape index (κ1) is 12.8. The van der Waals surface area contributed by atoms with Crippen LogP contribution in [0.4, 0.5) is 11.4 Å². The fraction of sp³-hybridized carbons (Fsp3) is 0.200. The van der Waals surface area contributed by atoms with E-state index in [9.17, 15) is 0 Å². The van der Waals surface area contributed by atoms with E-state index in [2.05, 4.69) is 36.5 Å². The first-order valence-electron chi connectivity index (χ1n) is 5.99. The zero-order chi connectivity index (χ0) is 13.0. The summed E-state index contributed by atoms with van der Waals surface area (Å²) in [6, 6.07) is 14.0. The van der Waals surface area contributed by atoms with E-state index >= 15 is 0 Å². The predicted molar refractivity (Wildman–Crippen MR) is 79.2 cm³/mol. The van der Waals surface area contributed by atoms with E-state index in [4.69, 9.17) is 17.3 Å². The number of benzene rings is 2. The van der Waals surface area contributed by atoms with Gasteiger partial charge in [-0.3, -0.25) is 0 Å². The second-order valence-corrected chi connectivity index (χ2v) is 4.83. The smallest absolute Gasteiger partial charge is 0.0588 e. The Morgan fingerprint density at radius 1 is 1.17 bits per heavy atom. The summed E-state index contributed by atoms with van der Waals surface area (Å²) in [7, 11) is 0. The van der Waals surface area contributed by atoms with Gasteiger partial charge in [0.25, 0.3) is 0 Å². The summed E-state index contributed by atoms with van der Waals surface area (Å²) in [5.74, 6) is 0. The van der Waals surface area contributed by atoms with Gasteiger partial charge >= 0.3 is 0 Å². The predicted octanol–water partition coefficient (Wildman–Crippen LogP) is 3.89. The number of hydrogen-bond donors (Lipinski definition) is 2. The molecule has 18 heavy (non-hydrogen) atoms. The third-order valence-electron chi connectivity index (χ3n) is 2.83. The molecule has 0 amide bonds. The van der Waals surface area contributed by atoms with Crippen molar-refractivity contribution in [2.24, 2.45) is 0 Å². The van der Waals surface area contributed by atoms with Crippen LogP contribution < -0.4 is 11.1 Å². The number of nitrogens with one attached hydrogen (secondary N) is 1. The maximum Gasteiger partial charge on any atom is 0.0588 e. The molecule has 0 aromatic heterocycles. The fourth-order valence-corrected chi connectivity index (χ4v) is 2.06. The molecule has 2 aromatic rings. The van der Waals surface area contributed by atoms with Crippen molar-refractivity contribution in [1.29, 1.82) is 0 Å². The molecular weight excluding hydrogens is 244 g/mol. The maximum absolute atomic E-state index is 5.94. The van der Waals surface area contributed by atoms with E-state index in [0.29, 0.717) is 5.02 Å². The zero-order valence-corrected chi connectivity index (χ0v) is 11.2. The van der Waals surface area contributed by atoms with Gasteiger partial charge in [-0.05, 0) is 37.1 Å². The third-order valence-corrected chi connectivity index (χ3v) is 3.06. The van der Waals surface area contributed by atoms with E-state index in [1.165, 1.54) is 11.1 Å². The highest BCUT2D eigenvalue weighted by Gasteiger charge is 2.00. The highest BCUT2D eigenvalue weighted by molar-refractivity contribution is 6.31. The van der Waals surface area contributed by atoms with Crippen molar-refractivity contribution < 1.29 is 0 Å². The van der Waals surface area contributed by atoms with Gasteiger partial charge in [0.15, 0.2) is 0 Å². The molecule has 0 aliphatic carbocycles. The average molecular weight is 261 g/mol. The summed E-state index contributed by atoms with van der Waals surface area (Å²) in [5.41, 5.74) is 10.1. The molecule has 0 aliphatic rings. The Balaban J connectivity index is 1.94.